The molecule has 2 aromatic rings. The molecule has 1 amide bonds. The van der Waals surface area contributed by atoms with E-state index in [4.69, 9.17) is 11.6 Å². The number of nitrogens with zero attached hydrogens (tertiary/aromatic N) is 1. The number of carbonyl (C=O) groups excluding carboxylic acids is 1. The van der Waals surface area contributed by atoms with Gasteiger partial charge in [0, 0.05) is 24.2 Å². The number of halogens is 1. The Balaban J connectivity index is 1.40. The maximum absolute atomic E-state index is 12.9. The zero-order chi connectivity index (χ0) is 19.7. The molecule has 2 aliphatic heterocycles. The highest BCUT2D eigenvalue weighted by Gasteiger charge is 2.40. The van der Waals surface area contributed by atoms with Gasteiger partial charge in [-0.1, -0.05) is 41.9 Å². The molecule has 148 valence electrons. The Morgan fingerprint density at radius 1 is 1.04 bits per heavy atom. The number of hydrazine groups is 1. The lowest BCUT2D eigenvalue weighted by Gasteiger charge is -2.20. The monoisotopic (exact) mass is 419 g/mol. The van der Waals surface area contributed by atoms with Gasteiger partial charge in [-0.3, -0.25) is 4.79 Å². The van der Waals surface area contributed by atoms with Crippen LogP contribution in [0.5, 0.6) is 0 Å². The van der Waals surface area contributed by atoms with Gasteiger partial charge in [-0.15, -0.1) is 0 Å². The molecule has 0 radical (unpaired) electrons. The number of benzene rings is 2. The second kappa shape index (κ2) is 7.83. The molecule has 2 aromatic carbocycles. The summed E-state index contributed by atoms with van der Waals surface area (Å²) < 4.78 is 25.7. The Bertz CT molecular complexity index is 950. The number of rotatable bonds is 4. The quantitative estimate of drug-likeness (QED) is 0.795. The van der Waals surface area contributed by atoms with Crippen molar-refractivity contribution in [2.24, 2.45) is 0 Å². The van der Waals surface area contributed by atoms with Gasteiger partial charge in [0.25, 0.3) is 0 Å². The van der Waals surface area contributed by atoms with Crippen LogP contribution in [-0.4, -0.2) is 43.6 Å². The summed E-state index contributed by atoms with van der Waals surface area (Å²) in [4.78, 5) is 14.8. The second-order valence-electron chi connectivity index (χ2n) is 7.23. The van der Waals surface area contributed by atoms with E-state index < -0.39 is 15.1 Å². The van der Waals surface area contributed by atoms with Crippen LogP contribution in [0, 0.1) is 0 Å². The first kappa shape index (κ1) is 19.4. The van der Waals surface area contributed by atoms with Crippen molar-refractivity contribution in [3.8, 4) is 0 Å². The minimum atomic E-state index is -3.49. The van der Waals surface area contributed by atoms with Gasteiger partial charge in [-0.25, -0.2) is 19.3 Å². The Labute approximate surface area is 169 Å². The highest BCUT2D eigenvalue weighted by atomic mass is 35.5. The molecule has 2 heterocycles. The first-order valence-electron chi connectivity index (χ1n) is 9.29. The molecule has 3 unspecified atom stereocenters. The standard InChI is InChI=1S/C20H22ClN3O3S/c21-15-6-8-16(9-7-15)28(26,27)17-10-11-24(13-17)20(25)19-12-18(22-23-19)14-4-2-1-3-5-14/h1-9,17-19,22-23H,10-13H2. The van der Waals surface area contributed by atoms with E-state index in [1.165, 1.54) is 12.1 Å². The van der Waals surface area contributed by atoms with Crippen LogP contribution in [0.15, 0.2) is 59.5 Å². The van der Waals surface area contributed by atoms with Crippen molar-refractivity contribution in [1.29, 1.82) is 0 Å². The van der Waals surface area contributed by atoms with Gasteiger partial charge in [0.15, 0.2) is 9.84 Å². The van der Waals surface area contributed by atoms with Crippen molar-refractivity contribution < 1.29 is 13.2 Å². The molecule has 0 aliphatic carbocycles. The third-order valence-corrected chi connectivity index (χ3v) is 7.88. The molecule has 2 N–H and O–H groups in total. The van der Waals surface area contributed by atoms with Crippen LogP contribution in [0.4, 0.5) is 0 Å². The van der Waals surface area contributed by atoms with Gasteiger partial charge in [-0.05, 0) is 42.7 Å². The van der Waals surface area contributed by atoms with E-state index in [9.17, 15) is 13.2 Å². The van der Waals surface area contributed by atoms with Crippen LogP contribution in [-0.2, 0) is 14.6 Å². The van der Waals surface area contributed by atoms with E-state index in [-0.39, 0.29) is 29.4 Å². The Hall–Kier alpha value is -1.93. The maximum atomic E-state index is 12.9. The summed E-state index contributed by atoms with van der Waals surface area (Å²) in [5, 5.41) is -0.0909. The van der Waals surface area contributed by atoms with Gasteiger partial charge in [0.1, 0.15) is 6.04 Å². The first-order chi connectivity index (χ1) is 13.4. The van der Waals surface area contributed by atoms with Gasteiger partial charge >= 0.3 is 0 Å². The number of nitrogens with one attached hydrogen (secondary N) is 2. The van der Waals surface area contributed by atoms with Crippen molar-refractivity contribution in [3.05, 3.63) is 65.2 Å². The van der Waals surface area contributed by atoms with E-state index in [0.717, 1.165) is 5.56 Å². The third-order valence-electron chi connectivity index (χ3n) is 5.44. The van der Waals surface area contributed by atoms with Crippen molar-refractivity contribution in [2.75, 3.05) is 13.1 Å². The van der Waals surface area contributed by atoms with Gasteiger partial charge in [-0.2, -0.15) is 0 Å². The molecule has 3 atom stereocenters. The zero-order valence-corrected chi connectivity index (χ0v) is 16.8. The Kier molecular flexibility index (Phi) is 5.42. The second-order valence-corrected chi connectivity index (χ2v) is 9.90. The van der Waals surface area contributed by atoms with Crippen LogP contribution >= 0.6 is 11.6 Å². The normalized spacial score (nSPS) is 25.2. The third kappa shape index (κ3) is 3.80. The van der Waals surface area contributed by atoms with E-state index in [0.29, 0.717) is 24.4 Å². The molecule has 2 fully saturated rings. The van der Waals surface area contributed by atoms with Crippen LogP contribution in [0.25, 0.3) is 0 Å². The SMILES string of the molecule is O=C(C1CC(c2ccccc2)NN1)N1CCC(S(=O)(=O)c2ccc(Cl)cc2)C1. The number of hydrogen-bond acceptors (Lipinski definition) is 5. The molecule has 4 rings (SSSR count). The molecule has 0 spiro atoms. The van der Waals surface area contributed by atoms with Crippen molar-refractivity contribution in [2.45, 2.75) is 35.1 Å². The average molecular weight is 420 g/mol. The molecule has 8 heteroatoms. The van der Waals surface area contributed by atoms with Gasteiger partial charge in [0.2, 0.25) is 5.91 Å². The fourth-order valence-corrected chi connectivity index (χ4v) is 5.66. The lowest BCUT2D eigenvalue weighted by molar-refractivity contribution is -0.132. The van der Waals surface area contributed by atoms with Gasteiger partial charge in [0.05, 0.1) is 10.1 Å². The van der Waals surface area contributed by atoms with E-state index in [2.05, 4.69) is 10.9 Å². The van der Waals surface area contributed by atoms with E-state index >= 15 is 0 Å². The summed E-state index contributed by atoms with van der Waals surface area (Å²) in [6.45, 7) is 0.669. The lowest BCUT2D eigenvalue weighted by atomic mass is 10.0. The molecule has 2 aliphatic rings. The molecule has 28 heavy (non-hydrogen) atoms. The highest BCUT2D eigenvalue weighted by molar-refractivity contribution is 7.92. The predicted octanol–water partition coefficient (Wildman–Crippen LogP) is 2.32. The fourth-order valence-electron chi connectivity index (χ4n) is 3.84. The molecule has 6 nitrogen and oxygen atoms in total. The molecule has 0 saturated carbocycles. The number of amides is 1. The van der Waals surface area contributed by atoms with Crippen LogP contribution in [0.1, 0.15) is 24.4 Å². The minimum Gasteiger partial charge on any atom is -0.340 e. The summed E-state index contributed by atoms with van der Waals surface area (Å²) >= 11 is 5.85. The summed E-state index contributed by atoms with van der Waals surface area (Å²) in [5.41, 5.74) is 7.36. The minimum absolute atomic E-state index is 0.0558. The first-order valence-corrected chi connectivity index (χ1v) is 11.2. The van der Waals surface area contributed by atoms with Crippen LogP contribution in [0.2, 0.25) is 5.02 Å². The highest BCUT2D eigenvalue weighted by Crippen LogP contribution is 2.27. The Morgan fingerprint density at radius 2 is 1.75 bits per heavy atom. The summed E-state index contributed by atoms with van der Waals surface area (Å²) in [7, 11) is -3.49. The van der Waals surface area contributed by atoms with Crippen molar-refractivity contribution >= 4 is 27.3 Å². The van der Waals surface area contributed by atoms with Crippen LogP contribution < -0.4 is 10.9 Å². The molecule has 0 aromatic heterocycles. The molecule has 2 saturated heterocycles. The zero-order valence-electron chi connectivity index (χ0n) is 15.2. The largest absolute Gasteiger partial charge is 0.340 e. The summed E-state index contributed by atoms with van der Waals surface area (Å²) in [6.07, 6.45) is 1.08. The van der Waals surface area contributed by atoms with Crippen molar-refractivity contribution in [1.82, 2.24) is 15.8 Å². The van der Waals surface area contributed by atoms with Crippen molar-refractivity contribution in [3.63, 3.8) is 0 Å². The maximum Gasteiger partial charge on any atom is 0.241 e. The smallest absolute Gasteiger partial charge is 0.241 e. The topological polar surface area (TPSA) is 78.5 Å². The average Bonchev–Trinajstić information content (AvgIpc) is 3.39. The molecule has 0 bridgehead atoms. The Morgan fingerprint density at radius 3 is 2.46 bits per heavy atom. The molecular formula is C20H22ClN3O3S. The van der Waals surface area contributed by atoms with E-state index in [1.54, 1.807) is 17.0 Å². The number of sulfone groups is 1. The summed E-state index contributed by atoms with van der Waals surface area (Å²) in [5.74, 6) is -0.0558. The number of likely N-dealkylation sites (tertiary alicyclic amines) is 1. The van der Waals surface area contributed by atoms with E-state index in [1.807, 2.05) is 30.3 Å². The summed E-state index contributed by atoms with van der Waals surface area (Å²) in [6, 6.07) is 15.8. The van der Waals surface area contributed by atoms with Crippen LogP contribution in [0.3, 0.4) is 0 Å². The van der Waals surface area contributed by atoms with Gasteiger partial charge < -0.3 is 4.90 Å². The molecular weight excluding hydrogens is 398 g/mol. The number of hydrogen-bond donors (Lipinski definition) is 2. The number of carbonyl (C=O) groups is 1. The fraction of sp³-hybridized carbons (Fsp3) is 0.350. The predicted molar refractivity (Wildman–Crippen MR) is 107 cm³/mol. The lowest BCUT2D eigenvalue weighted by Crippen LogP contribution is -2.45.